The predicted molar refractivity (Wildman–Crippen MR) is 145 cm³/mol. The Balaban J connectivity index is 1.70. The topological polar surface area (TPSA) is 110 Å². The Hall–Kier alpha value is -3.06. The van der Waals surface area contributed by atoms with Crippen molar-refractivity contribution in [2.24, 2.45) is 17.8 Å². The first-order valence-electron chi connectivity index (χ1n) is 13.3. The SMILES string of the molecule is CC(C)c1cc(C(=O)N(C)Cc2cccc(CN[C@H](C(=O)O)C(C(C)C)C3CCCC3)c2)c(O)cc1O. The van der Waals surface area contributed by atoms with Crippen molar-refractivity contribution in [2.45, 2.75) is 78.4 Å². The van der Waals surface area contributed by atoms with Gasteiger partial charge in [-0.3, -0.25) is 9.59 Å². The van der Waals surface area contributed by atoms with Gasteiger partial charge in [-0.1, -0.05) is 77.6 Å². The number of aliphatic carboxylic acids is 1. The van der Waals surface area contributed by atoms with E-state index in [0.717, 1.165) is 24.0 Å². The number of benzene rings is 2. The Morgan fingerprint density at radius 2 is 1.65 bits per heavy atom. The molecule has 0 heterocycles. The van der Waals surface area contributed by atoms with Crippen molar-refractivity contribution >= 4 is 11.9 Å². The normalized spacial score (nSPS) is 15.8. The van der Waals surface area contributed by atoms with Crippen LogP contribution in [0.3, 0.4) is 0 Å². The quantitative estimate of drug-likeness (QED) is 0.318. The van der Waals surface area contributed by atoms with Crippen LogP contribution < -0.4 is 5.32 Å². The second-order valence-electron chi connectivity index (χ2n) is 11.1. The van der Waals surface area contributed by atoms with Crippen LogP contribution in [-0.4, -0.2) is 45.2 Å². The molecule has 1 aliphatic carbocycles. The van der Waals surface area contributed by atoms with Crippen molar-refractivity contribution in [3.8, 4) is 11.5 Å². The van der Waals surface area contributed by atoms with Gasteiger partial charge in [-0.2, -0.15) is 0 Å². The number of carboxylic acid groups (broad SMARTS) is 1. The summed E-state index contributed by atoms with van der Waals surface area (Å²) in [7, 11) is 1.67. The van der Waals surface area contributed by atoms with Gasteiger partial charge in [-0.25, -0.2) is 0 Å². The second kappa shape index (κ2) is 12.5. The van der Waals surface area contributed by atoms with E-state index in [4.69, 9.17) is 0 Å². The van der Waals surface area contributed by atoms with Crippen molar-refractivity contribution in [1.29, 1.82) is 0 Å². The van der Waals surface area contributed by atoms with E-state index in [1.807, 2.05) is 38.1 Å². The maximum absolute atomic E-state index is 13.1. The Morgan fingerprint density at radius 3 is 2.24 bits per heavy atom. The number of aromatic hydroxyl groups is 2. The van der Waals surface area contributed by atoms with Crippen LogP contribution in [0.4, 0.5) is 0 Å². The fourth-order valence-corrected chi connectivity index (χ4v) is 5.78. The van der Waals surface area contributed by atoms with Crippen molar-refractivity contribution in [2.75, 3.05) is 7.05 Å². The number of hydrogen-bond donors (Lipinski definition) is 4. The van der Waals surface area contributed by atoms with Gasteiger partial charge in [-0.15, -0.1) is 0 Å². The molecule has 0 bridgehead atoms. The smallest absolute Gasteiger partial charge is 0.321 e. The minimum absolute atomic E-state index is 0.000211. The lowest BCUT2D eigenvalue weighted by atomic mass is 9.77. The molecule has 0 radical (unpaired) electrons. The van der Waals surface area contributed by atoms with Crippen LogP contribution in [0.5, 0.6) is 11.5 Å². The van der Waals surface area contributed by atoms with E-state index < -0.39 is 12.0 Å². The van der Waals surface area contributed by atoms with Crippen LogP contribution in [0.15, 0.2) is 36.4 Å². The number of hydrogen-bond acceptors (Lipinski definition) is 5. The molecule has 2 atom stereocenters. The number of carbonyl (C=O) groups excluding carboxylic acids is 1. The zero-order chi connectivity index (χ0) is 27.3. The van der Waals surface area contributed by atoms with Gasteiger partial charge >= 0.3 is 5.97 Å². The molecule has 202 valence electrons. The molecule has 7 nitrogen and oxygen atoms in total. The zero-order valence-electron chi connectivity index (χ0n) is 22.7. The third-order valence-corrected chi connectivity index (χ3v) is 7.65. The second-order valence-corrected chi connectivity index (χ2v) is 11.1. The summed E-state index contributed by atoms with van der Waals surface area (Å²) in [5.41, 5.74) is 2.61. The molecular formula is C30H42N2O5. The van der Waals surface area contributed by atoms with Crippen LogP contribution in [0.25, 0.3) is 0 Å². The number of phenolic OH excluding ortho intramolecular Hbond substituents is 2. The Kier molecular flexibility index (Phi) is 9.60. The van der Waals surface area contributed by atoms with E-state index in [9.17, 15) is 24.9 Å². The van der Waals surface area contributed by atoms with Gasteiger partial charge in [0.15, 0.2) is 0 Å². The van der Waals surface area contributed by atoms with E-state index in [2.05, 4.69) is 19.2 Å². The highest BCUT2D eigenvalue weighted by Crippen LogP contribution is 2.37. The molecular weight excluding hydrogens is 468 g/mol. The van der Waals surface area contributed by atoms with E-state index in [1.165, 1.54) is 23.8 Å². The highest BCUT2D eigenvalue weighted by molar-refractivity contribution is 5.97. The predicted octanol–water partition coefficient (Wildman–Crippen LogP) is 5.50. The van der Waals surface area contributed by atoms with Crippen molar-refractivity contribution in [1.82, 2.24) is 10.2 Å². The van der Waals surface area contributed by atoms with Gasteiger partial charge in [-0.05, 0) is 46.4 Å². The molecule has 1 aliphatic rings. The third kappa shape index (κ3) is 7.04. The standard InChI is InChI=1S/C30H42N2O5/c1-18(2)23-14-24(26(34)15-25(23)33)29(35)32(5)17-21-10-8-9-20(13-21)16-31-28(30(36)37)27(19(3)4)22-11-6-7-12-22/h8-10,13-15,18-19,22,27-28,31,33-34H,6-7,11-12,16-17H2,1-5H3,(H,36,37)/t27?,28-/m0/s1. The van der Waals surface area contributed by atoms with Gasteiger partial charge in [0.05, 0.1) is 5.56 Å². The molecule has 1 fully saturated rings. The molecule has 3 rings (SSSR count). The Labute approximate surface area is 220 Å². The summed E-state index contributed by atoms with van der Waals surface area (Å²) in [6.45, 7) is 8.80. The zero-order valence-corrected chi connectivity index (χ0v) is 22.7. The van der Waals surface area contributed by atoms with E-state index in [-0.39, 0.29) is 40.7 Å². The van der Waals surface area contributed by atoms with Gasteiger partial charge in [0.1, 0.15) is 17.5 Å². The summed E-state index contributed by atoms with van der Waals surface area (Å²) in [5, 5.41) is 33.7. The van der Waals surface area contributed by atoms with Crippen LogP contribution in [0.1, 0.15) is 86.3 Å². The molecule has 1 amide bonds. The molecule has 2 aromatic rings. The summed E-state index contributed by atoms with van der Waals surface area (Å²) in [6, 6.07) is 9.93. The van der Waals surface area contributed by atoms with Crippen molar-refractivity contribution in [3.05, 3.63) is 58.7 Å². The van der Waals surface area contributed by atoms with E-state index in [0.29, 0.717) is 24.6 Å². The molecule has 1 saturated carbocycles. The molecule has 1 unspecified atom stereocenters. The fourth-order valence-electron chi connectivity index (χ4n) is 5.78. The first-order chi connectivity index (χ1) is 17.5. The molecule has 0 aliphatic heterocycles. The molecule has 2 aromatic carbocycles. The number of carboxylic acids is 1. The Morgan fingerprint density at radius 1 is 1.00 bits per heavy atom. The lowest BCUT2D eigenvalue weighted by Gasteiger charge is -2.33. The van der Waals surface area contributed by atoms with Gasteiger partial charge < -0.3 is 25.5 Å². The van der Waals surface area contributed by atoms with Crippen LogP contribution in [0.2, 0.25) is 0 Å². The minimum atomic E-state index is -0.804. The van der Waals surface area contributed by atoms with Crippen LogP contribution in [-0.2, 0) is 17.9 Å². The first kappa shape index (κ1) is 28.5. The summed E-state index contributed by atoms with van der Waals surface area (Å²) in [6.07, 6.45) is 4.54. The largest absolute Gasteiger partial charge is 0.508 e. The first-order valence-corrected chi connectivity index (χ1v) is 13.3. The number of rotatable bonds is 11. The van der Waals surface area contributed by atoms with Gasteiger partial charge in [0.25, 0.3) is 5.91 Å². The van der Waals surface area contributed by atoms with E-state index in [1.54, 1.807) is 13.1 Å². The van der Waals surface area contributed by atoms with Crippen molar-refractivity contribution in [3.63, 3.8) is 0 Å². The van der Waals surface area contributed by atoms with E-state index >= 15 is 0 Å². The molecule has 0 spiro atoms. The molecule has 7 heteroatoms. The lowest BCUT2D eigenvalue weighted by Crippen LogP contribution is -2.47. The lowest BCUT2D eigenvalue weighted by molar-refractivity contribution is -0.142. The average molecular weight is 511 g/mol. The average Bonchev–Trinajstić information content (AvgIpc) is 3.35. The summed E-state index contributed by atoms with van der Waals surface area (Å²) in [5.74, 6) is -0.632. The number of phenols is 2. The maximum atomic E-state index is 13.1. The molecule has 0 aromatic heterocycles. The fraction of sp³-hybridized carbons (Fsp3) is 0.533. The summed E-state index contributed by atoms with van der Waals surface area (Å²) >= 11 is 0. The summed E-state index contributed by atoms with van der Waals surface area (Å²) < 4.78 is 0. The van der Waals surface area contributed by atoms with Gasteiger partial charge in [0.2, 0.25) is 0 Å². The van der Waals surface area contributed by atoms with Crippen LogP contribution >= 0.6 is 0 Å². The number of amides is 1. The number of nitrogens with one attached hydrogen (secondary N) is 1. The molecule has 0 saturated heterocycles. The van der Waals surface area contributed by atoms with Gasteiger partial charge in [0, 0.05) is 26.2 Å². The van der Waals surface area contributed by atoms with Crippen molar-refractivity contribution < 1.29 is 24.9 Å². The molecule has 37 heavy (non-hydrogen) atoms. The highest BCUT2D eigenvalue weighted by atomic mass is 16.4. The number of nitrogens with zero attached hydrogens (tertiary/aromatic N) is 1. The number of carbonyl (C=O) groups is 2. The summed E-state index contributed by atoms with van der Waals surface area (Å²) in [4.78, 5) is 26.8. The minimum Gasteiger partial charge on any atom is -0.508 e. The maximum Gasteiger partial charge on any atom is 0.321 e. The molecule has 4 N–H and O–H groups in total. The highest BCUT2D eigenvalue weighted by Gasteiger charge is 2.37. The third-order valence-electron chi connectivity index (χ3n) is 7.65. The van der Waals surface area contributed by atoms with Crippen LogP contribution in [0, 0.1) is 17.8 Å². The monoisotopic (exact) mass is 510 g/mol. The Bertz CT molecular complexity index is 1090.